The lowest BCUT2D eigenvalue weighted by molar-refractivity contribution is 0.303. The normalized spacial score (nSPS) is 18.9. The second kappa shape index (κ2) is 13.4. The Kier molecular flexibility index (Phi) is 10.6. The maximum atomic E-state index is 14.8. The molecule has 0 saturated heterocycles. The Morgan fingerprint density at radius 3 is 2.41 bits per heavy atom. The van der Waals surface area contributed by atoms with Gasteiger partial charge in [0.05, 0.1) is 19.3 Å². The summed E-state index contributed by atoms with van der Waals surface area (Å²) in [6, 6.07) is 14.4. The van der Waals surface area contributed by atoms with E-state index in [0.717, 1.165) is 36.4 Å². The molecule has 176 valence electrons. The van der Waals surface area contributed by atoms with Crippen LogP contribution in [-0.2, 0) is 10.6 Å². The van der Waals surface area contributed by atoms with Gasteiger partial charge in [-0.2, -0.15) is 0 Å². The summed E-state index contributed by atoms with van der Waals surface area (Å²) in [6.45, 7) is 3.19. The summed E-state index contributed by atoms with van der Waals surface area (Å²) in [5, 5.41) is 0. The van der Waals surface area contributed by atoms with Crippen molar-refractivity contribution in [3.8, 4) is 11.1 Å². The van der Waals surface area contributed by atoms with Crippen molar-refractivity contribution < 1.29 is 8.57 Å². The number of hydrogen-bond donors (Lipinski definition) is 0. The molecule has 0 aromatic heterocycles. The Morgan fingerprint density at radius 2 is 1.75 bits per heavy atom. The molecular formula is C28H40FNOS. The van der Waals surface area contributed by atoms with Crippen LogP contribution in [0.1, 0.15) is 81.8 Å². The molecule has 0 amide bonds. The van der Waals surface area contributed by atoms with Crippen molar-refractivity contribution >= 4 is 12.2 Å². The summed E-state index contributed by atoms with van der Waals surface area (Å²) in [5.74, 6) is 1.49. The zero-order valence-corrected chi connectivity index (χ0v) is 20.9. The first kappa shape index (κ1) is 25.3. The van der Waals surface area contributed by atoms with Crippen LogP contribution in [0.25, 0.3) is 11.1 Å². The van der Waals surface area contributed by atoms with Crippen LogP contribution in [-0.4, -0.2) is 25.0 Å². The summed E-state index contributed by atoms with van der Waals surface area (Å²) in [4.78, 5) is 0. The van der Waals surface area contributed by atoms with Crippen LogP contribution in [0.4, 0.5) is 4.39 Å². The molecule has 0 atom stereocenters. The van der Waals surface area contributed by atoms with E-state index in [1.54, 1.807) is 13.2 Å². The summed E-state index contributed by atoms with van der Waals surface area (Å²) >= 11 is 1.34. The van der Waals surface area contributed by atoms with Crippen molar-refractivity contribution in [2.45, 2.75) is 77.0 Å². The fraction of sp³-hybridized carbons (Fsp3) is 0.571. The van der Waals surface area contributed by atoms with Crippen molar-refractivity contribution in [3.63, 3.8) is 0 Å². The van der Waals surface area contributed by atoms with Gasteiger partial charge >= 0.3 is 0 Å². The smallest absolute Gasteiger partial charge is 0.131 e. The molecule has 1 saturated carbocycles. The van der Waals surface area contributed by atoms with Gasteiger partial charge in [0.25, 0.3) is 0 Å². The Balaban J connectivity index is 1.52. The van der Waals surface area contributed by atoms with Crippen LogP contribution < -0.4 is 0 Å². The van der Waals surface area contributed by atoms with Crippen molar-refractivity contribution in [1.82, 2.24) is 4.31 Å². The molecule has 1 aliphatic carbocycles. The van der Waals surface area contributed by atoms with E-state index < -0.39 is 0 Å². The van der Waals surface area contributed by atoms with Gasteiger partial charge < -0.3 is 4.18 Å². The molecule has 4 heteroatoms. The van der Waals surface area contributed by atoms with Crippen LogP contribution in [0.5, 0.6) is 0 Å². The van der Waals surface area contributed by atoms with Gasteiger partial charge in [0, 0.05) is 12.1 Å². The molecule has 2 aromatic carbocycles. The molecule has 3 rings (SSSR count). The SMILES string of the molecule is CCCCCC1CCC(c2ccc(-c3ccc(CCCN(C)SOC)cc3F)cc2)CC1. The summed E-state index contributed by atoms with van der Waals surface area (Å²) in [6.07, 6.45) is 12.7. The Labute approximate surface area is 199 Å². The van der Waals surface area contributed by atoms with E-state index >= 15 is 0 Å². The highest BCUT2D eigenvalue weighted by molar-refractivity contribution is 7.92. The predicted octanol–water partition coefficient (Wildman–Crippen LogP) is 8.42. The number of benzene rings is 2. The van der Waals surface area contributed by atoms with E-state index in [-0.39, 0.29) is 5.82 Å². The van der Waals surface area contributed by atoms with Gasteiger partial charge in [-0.25, -0.2) is 8.70 Å². The monoisotopic (exact) mass is 457 g/mol. The lowest BCUT2D eigenvalue weighted by atomic mass is 9.77. The molecule has 0 aliphatic heterocycles. The topological polar surface area (TPSA) is 12.5 Å². The van der Waals surface area contributed by atoms with Crippen LogP contribution in [0, 0.1) is 11.7 Å². The molecular weight excluding hydrogens is 417 g/mol. The third kappa shape index (κ3) is 7.60. The van der Waals surface area contributed by atoms with Crippen molar-refractivity contribution in [1.29, 1.82) is 0 Å². The van der Waals surface area contributed by atoms with Gasteiger partial charge in [0.2, 0.25) is 0 Å². The maximum absolute atomic E-state index is 14.8. The highest BCUT2D eigenvalue weighted by atomic mass is 32.2. The number of unbranched alkanes of at least 4 members (excludes halogenated alkanes) is 2. The molecule has 0 unspecified atom stereocenters. The lowest BCUT2D eigenvalue weighted by Crippen LogP contribution is -2.13. The molecule has 0 bridgehead atoms. The molecule has 32 heavy (non-hydrogen) atoms. The van der Waals surface area contributed by atoms with Gasteiger partial charge in [0.15, 0.2) is 0 Å². The molecule has 0 radical (unpaired) electrons. The molecule has 1 aliphatic rings. The number of nitrogens with zero attached hydrogens (tertiary/aromatic N) is 1. The molecule has 0 N–H and O–H groups in total. The van der Waals surface area contributed by atoms with Crippen molar-refractivity contribution in [2.75, 3.05) is 20.7 Å². The second-order valence-corrected chi connectivity index (χ2v) is 10.5. The first-order valence-corrected chi connectivity index (χ1v) is 13.1. The molecule has 1 fully saturated rings. The first-order valence-electron chi connectivity index (χ1n) is 12.4. The highest BCUT2D eigenvalue weighted by Crippen LogP contribution is 2.38. The Morgan fingerprint density at radius 1 is 1.00 bits per heavy atom. The largest absolute Gasteiger partial charge is 0.304 e. The highest BCUT2D eigenvalue weighted by Gasteiger charge is 2.22. The van der Waals surface area contributed by atoms with Gasteiger partial charge in [0.1, 0.15) is 5.82 Å². The summed E-state index contributed by atoms with van der Waals surface area (Å²) in [5.41, 5.74) is 4.15. The first-order chi connectivity index (χ1) is 15.6. The van der Waals surface area contributed by atoms with Gasteiger partial charge in [-0.15, -0.1) is 0 Å². The minimum absolute atomic E-state index is 0.123. The Hall–Kier alpha value is -1.36. The van der Waals surface area contributed by atoms with E-state index in [1.807, 2.05) is 17.4 Å². The average molecular weight is 458 g/mol. The number of hydrogen-bond acceptors (Lipinski definition) is 3. The van der Waals surface area contributed by atoms with Gasteiger partial charge in [-0.05, 0) is 80.2 Å². The third-order valence-corrected chi connectivity index (χ3v) is 7.52. The minimum Gasteiger partial charge on any atom is -0.304 e. The number of rotatable bonds is 12. The molecule has 2 aromatic rings. The molecule has 0 spiro atoms. The third-order valence-electron chi connectivity index (χ3n) is 6.93. The van der Waals surface area contributed by atoms with Crippen LogP contribution in [0.2, 0.25) is 0 Å². The van der Waals surface area contributed by atoms with Crippen LogP contribution in [0.3, 0.4) is 0 Å². The van der Waals surface area contributed by atoms with Crippen molar-refractivity contribution in [2.24, 2.45) is 5.92 Å². The predicted molar refractivity (Wildman–Crippen MR) is 136 cm³/mol. The van der Waals surface area contributed by atoms with Crippen LogP contribution in [0.15, 0.2) is 42.5 Å². The fourth-order valence-electron chi connectivity index (χ4n) is 5.02. The van der Waals surface area contributed by atoms with E-state index in [9.17, 15) is 4.39 Å². The number of halogens is 1. The average Bonchev–Trinajstić information content (AvgIpc) is 2.80. The van der Waals surface area contributed by atoms with E-state index in [0.29, 0.717) is 11.5 Å². The lowest BCUT2D eigenvalue weighted by Gasteiger charge is -2.29. The minimum atomic E-state index is -0.123. The zero-order valence-electron chi connectivity index (χ0n) is 20.1. The van der Waals surface area contributed by atoms with Crippen molar-refractivity contribution in [3.05, 3.63) is 59.4 Å². The summed E-state index contributed by atoms with van der Waals surface area (Å²) < 4.78 is 21.9. The molecule has 0 heterocycles. The second-order valence-electron chi connectivity index (χ2n) is 9.35. The van der Waals surface area contributed by atoms with E-state index in [2.05, 4.69) is 37.3 Å². The van der Waals surface area contributed by atoms with Gasteiger partial charge in [-0.1, -0.05) is 69.0 Å². The maximum Gasteiger partial charge on any atom is 0.131 e. The van der Waals surface area contributed by atoms with Gasteiger partial charge in [-0.3, -0.25) is 0 Å². The van der Waals surface area contributed by atoms with Crippen LogP contribution >= 0.6 is 12.2 Å². The summed E-state index contributed by atoms with van der Waals surface area (Å²) in [7, 11) is 3.67. The fourth-order valence-corrected chi connectivity index (χ4v) is 5.48. The zero-order chi connectivity index (χ0) is 22.8. The number of aryl methyl sites for hydroxylation is 1. The Bertz CT molecular complexity index is 802. The quantitative estimate of drug-likeness (QED) is 0.180. The molecule has 2 nitrogen and oxygen atoms in total. The standard InChI is InChI=1S/C28H40FNOS/c1-4-5-6-8-22-10-13-24(14-11-22)25-15-17-26(18-16-25)27-19-12-23(21-28(27)29)9-7-20-30(2)32-31-3/h12,15-19,21-22,24H,4-11,13-14,20H2,1-3H3. The van der Waals surface area contributed by atoms with E-state index in [1.165, 1.54) is 69.2 Å². The van der Waals surface area contributed by atoms with E-state index in [4.69, 9.17) is 4.18 Å².